The molecule has 0 heterocycles. The van der Waals surface area contributed by atoms with E-state index >= 15 is 0 Å². The molecular formula is C60H100O6. The summed E-state index contributed by atoms with van der Waals surface area (Å²) in [5, 5.41) is 0. The second kappa shape index (κ2) is 53.9. The summed E-state index contributed by atoms with van der Waals surface area (Å²) in [7, 11) is 0. The van der Waals surface area contributed by atoms with E-state index in [2.05, 4.69) is 118 Å². The van der Waals surface area contributed by atoms with Crippen LogP contribution in [-0.4, -0.2) is 37.2 Å². The number of hydrogen-bond donors (Lipinski definition) is 0. The van der Waals surface area contributed by atoms with E-state index in [0.717, 1.165) is 122 Å². The highest BCUT2D eigenvalue weighted by atomic mass is 16.6. The first-order chi connectivity index (χ1) is 32.5. The summed E-state index contributed by atoms with van der Waals surface area (Å²) >= 11 is 0. The maximum atomic E-state index is 12.8. The van der Waals surface area contributed by atoms with Gasteiger partial charge in [0.25, 0.3) is 0 Å². The van der Waals surface area contributed by atoms with E-state index in [0.29, 0.717) is 19.3 Å². The zero-order valence-corrected chi connectivity index (χ0v) is 42.9. The maximum absolute atomic E-state index is 12.8. The van der Waals surface area contributed by atoms with E-state index in [1.807, 2.05) is 0 Å². The van der Waals surface area contributed by atoms with Gasteiger partial charge in [-0.1, -0.05) is 227 Å². The molecule has 0 bridgehead atoms. The fourth-order valence-electron chi connectivity index (χ4n) is 7.30. The third-order valence-electron chi connectivity index (χ3n) is 11.4. The van der Waals surface area contributed by atoms with Crippen LogP contribution in [-0.2, 0) is 28.6 Å². The molecule has 0 spiro atoms. The monoisotopic (exact) mass is 917 g/mol. The molecule has 0 saturated carbocycles. The highest BCUT2D eigenvalue weighted by Gasteiger charge is 2.19. The van der Waals surface area contributed by atoms with Crippen molar-refractivity contribution < 1.29 is 28.6 Å². The molecule has 0 N–H and O–H groups in total. The molecule has 1 atom stereocenters. The average molecular weight is 917 g/mol. The number of rotatable bonds is 48. The Hall–Kier alpha value is -3.67. The Balaban J connectivity index is 4.46. The van der Waals surface area contributed by atoms with E-state index in [9.17, 15) is 14.4 Å². The first kappa shape index (κ1) is 62.3. The molecule has 0 aliphatic carbocycles. The van der Waals surface area contributed by atoms with Gasteiger partial charge >= 0.3 is 17.9 Å². The van der Waals surface area contributed by atoms with Crippen LogP contribution in [0.4, 0.5) is 0 Å². The molecule has 0 amide bonds. The molecule has 66 heavy (non-hydrogen) atoms. The van der Waals surface area contributed by atoms with Gasteiger partial charge in [0.2, 0.25) is 0 Å². The van der Waals surface area contributed by atoms with Crippen LogP contribution in [0, 0.1) is 0 Å². The summed E-state index contributed by atoms with van der Waals surface area (Å²) in [6.07, 6.45) is 71.0. The Labute approximate surface area is 407 Å². The third kappa shape index (κ3) is 51.3. The van der Waals surface area contributed by atoms with Crippen LogP contribution in [0.5, 0.6) is 0 Å². The topological polar surface area (TPSA) is 78.9 Å². The molecule has 1 unspecified atom stereocenters. The van der Waals surface area contributed by atoms with Crippen LogP contribution < -0.4 is 0 Å². The molecular weight excluding hydrogens is 817 g/mol. The number of hydrogen-bond acceptors (Lipinski definition) is 6. The van der Waals surface area contributed by atoms with E-state index in [1.54, 1.807) is 0 Å². The summed E-state index contributed by atoms with van der Waals surface area (Å²) < 4.78 is 16.8. The zero-order chi connectivity index (χ0) is 47.9. The number of esters is 3. The molecule has 0 aliphatic rings. The van der Waals surface area contributed by atoms with Gasteiger partial charge in [-0.2, -0.15) is 0 Å². The van der Waals surface area contributed by atoms with Crippen molar-refractivity contribution in [3.05, 3.63) is 97.2 Å². The SMILES string of the molecule is CC/C=C/C=C/C=C/CCCCCCCC(=O)OCC(COC(=O)CCCCCCC/C=C/C=C/C=C/CCCCCCC)OC(=O)CCCCCCCCC/C=C/C/C=C/CCCCC. The Kier molecular flexibility index (Phi) is 50.9. The largest absolute Gasteiger partial charge is 0.462 e. The summed E-state index contributed by atoms with van der Waals surface area (Å²) in [5.41, 5.74) is 0. The molecule has 0 aliphatic heterocycles. The van der Waals surface area contributed by atoms with Gasteiger partial charge in [0.1, 0.15) is 13.2 Å². The third-order valence-corrected chi connectivity index (χ3v) is 11.4. The number of ether oxygens (including phenoxy) is 3. The van der Waals surface area contributed by atoms with Crippen molar-refractivity contribution in [3.8, 4) is 0 Å². The first-order valence-electron chi connectivity index (χ1n) is 27.3. The standard InChI is InChI=1S/C60H100O6/c1-4-7-10-13-16-19-22-25-27-29-31-32-35-38-41-44-47-50-53-59(62)65-56-57(55-64-58(61)52-49-46-43-40-37-34-24-21-18-15-12-9-6-3)66-60(63)54-51-48-45-42-39-36-33-30-28-26-23-20-17-14-11-8-5-2/h9,12,15,17-18,20-22,24-29,31-32,57H,4-8,10-11,13-14,16,19,23,30,33-56H2,1-3H3/b12-9+,18-15+,20-17+,24-21+,25-22+,28-26+,29-27+,32-31+. The fraction of sp³-hybridized carbons (Fsp3) is 0.683. The van der Waals surface area contributed by atoms with E-state index < -0.39 is 6.10 Å². The molecule has 376 valence electrons. The van der Waals surface area contributed by atoms with Crippen molar-refractivity contribution in [2.75, 3.05) is 13.2 Å². The molecule has 0 aromatic carbocycles. The van der Waals surface area contributed by atoms with Crippen LogP contribution in [0.1, 0.15) is 245 Å². The summed E-state index contributed by atoms with van der Waals surface area (Å²) in [4.78, 5) is 38.1. The van der Waals surface area contributed by atoms with Crippen LogP contribution in [0.2, 0.25) is 0 Å². The van der Waals surface area contributed by atoms with Gasteiger partial charge in [-0.05, 0) is 96.3 Å². The highest BCUT2D eigenvalue weighted by Crippen LogP contribution is 2.14. The number of carbonyl (C=O) groups excluding carboxylic acids is 3. The molecule has 0 fully saturated rings. The van der Waals surface area contributed by atoms with Gasteiger partial charge in [0, 0.05) is 19.3 Å². The van der Waals surface area contributed by atoms with Crippen molar-refractivity contribution >= 4 is 17.9 Å². The Morgan fingerprint density at radius 3 is 1.06 bits per heavy atom. The normalized spacial score (nSPS) is 12.8. The Bertz CT molecular complexity index is 1330. The smallest absolute Gasteiger partial charge is 0.306 e. The van der Waals surface area contributed by atoms with E-state index in [-0.39, 0.29) is 31.1 Å². The Morgan fingerprint density at radius 1 is 0.333 bits per heavy atom. The van der Waals surface area contributed by atoms with E-state index in [1.165, 1.54) is 83.5 Å². The summed E-state index contributed by atoms with van der Waals surface area (Å²) in [6, 6.07) is 0. The van der Waals surface area contributed by atoms with Crippen LogP contribution in [0.25, 0.3) is 0 Å². The lowest BCUT2D eigenvalue weighted by Crippen LogP contribution is -2.30. The van der Waals surface area contributed by atoms with E-state index in [4.69, 9.17) is 14.2 Å². The van der Waals surface area contributed by atoms with Gasteiger partial charge in [-0.3, -0.25) is 14.4 Å². The first-order valence-corrected chi connectivity index (χ1v) is 27.3. The maximum Gasteiger partial charge on any atom is 0.306 e. The van der Waals surface area contributed by atoms with Gasteiger partial charge < -0.3 is 14.2 Å². The Morgan fingerprint density at radius 2 is 0.652 bits per heavy atom. The minimum atomic E-state index is -0.800. The molecule has 0 aromatic heterocycles. The highest BCUT2D eigenvalue weighted by molar-refractivity contribution is 5.71. The predicted octanol–water partition coefficient (Wildman–Crippen LogP) is 18.1. The molecule has 6 heteroatoms. The molecule has 6 nitrogen and oxygen atoms in total. The second-order valence-electron chi connectivity index (χ2n) is 17.9. The fourth-order valence-corrected chi connectivity index (χ4v) is 7.30. The van der Waals surface area contributed by atoms with Crippen LogP contribution >= 0.6 is 0 Å². The summed E-state index contributed by atoms with van der Waals surface area (Å²) in [5.74, 6) is -0.946. The average Bonchev–Trinajstić information content (AvgIpc) is 3.31. The number of carbonyl (C=O) groups is 3. The second-order valence-corrected chi connectivity index (χ2v) is 17.9. The van der Waals surface area contributed by atoms with Gasteiger partial charge in [-0.25, -0.2) is 0 Å². The van der Waals surface area contributed by atoms with Crippen LogP contribution in [0.15, 0.2) is 97.2 Å². The number of unbranched alkanes of at least 4 members (excludes halogenated alkanes) is 25. The van der Waals surface area contributed by atoms with Crippen molar-refractivity contribution in [2.45, 2.75) is 252 Å². The van der Waals surface area contributed by atoms with Crippen molar-refractivity contribution in [1.29, 1.82) is 0 Å². The molecule has 0 rings (SSSR count). The lowest BCUT2D eigenvalue weighted by Gasteiger charge is -2.18. The quantitative estimate of drug-likeness (QED) is 0.0199. The van der Waals surface area contributed by atoms with Crippen LogP contribution in [0.3, 0.4) is 0 Å². The lowest BCUT2D eigenvalue weighted by atomic mass is 10.1. The molecule has 0 radical (unpaired) electrons. The minimum absolute atomic E-state index is 0.0991. The van der Waals surface area contributed by atoms with Gasteiger partial charge in [0.05, 0.1) is 0 Å². The molecule has 0 saturated heterocycles. The summed E-state index contributed by atoms with van der Waals surface area (Å²) in [6.45, 7) is 6.42. The van der Waals surface area contributed by atoms with Gasteiger partial charge in [-0.15, -0.1) is 0 Å². The number of allylic oxidation sites excluding steroid dienone is 16. The predicted molar refractivity (Wildman–Crippen MR) is 284 cm³/mol. The van der Waals surface area contributed by atoms with Crippen molar-refractivity contribution in [3.63, 3.8) is 0 Å². The minimum Gasteiger partial charge on any atom is -0.462 e. The van der Waals surface area contributed by atoms with Gasteiger partial charge in [0.15, 0.2) is 6.10 Å². The lowest BCUT2D eigenvalue weighted by molar-refractivity contribution is -0.167. The molecule has 0 aromatic rings. The zero-order valence-electron chi connectivity index (χ0n) is 42.9. The van der Waals surface area contributed by atoms with Crippen molar-refractivity contribution in [1.82, 2.24) is 0 Å². The van der Waals surface area contributed by atoms with Crippen molar-refractivity contribution in [2.24, 2.45) is 0 Å².